The van der Waals surface area contributed by atoms with Crippen molar-refractivity contribution in [2.45, 2.75) is 6.92 Å². The third-order valence-corrected chi connectivity index (χ3v) is 4.64. The summed E-state index contributed by atoms with van der Waals surface area (Å²) in [5.74, 6) is 0.781. The number of aromatic nitrogens is 1. The van der Waals surface area contributed by atoms with Crippen LogP contribution in [-0.2, 0) is 4.74 Å². The number of para-hydroxylation sites is 1. The molecule has 0 fully saturated rings. The molecule has 0 spiro atoms. The molecular formula is C24H18N2O5. The number of pyridine rings is 1. The van der Waals surface area contributed by atoms with E-state index in [9.17, 15) is 14.9 Å². The summed E-state index contributed by atoms with van der Waals surface area (Å²) in [6, 6.07) is 18.8. The van der Waals surface area contributed by atoms with Crippen LogP contribution in [-0.4, -0.2) is 22.5 Å². The van der Waals surface area contributed by atoms with Crippen molar-refractivity contribution in [1.82, 2.24) is 4.98 Å². The molecule has 2 aromatic carbocycles. The summed E-state index contributed by atoms with van der Waals surface area (Å²) in [5, 5.41) is 11.5. The SMILES string of the molecule is CCOC(=O)c1cc(/C=C/c2ccc(-c3ccc([N+](=O)[O-])cc3)o2)nc2ccccc12. The molecule has 0 atom stereocenters. The third kappa shape index (κ3) is 4.35. The second-order valence-electron chi connectivity index (χ2n) is 6.67. The Morgan fingerprint density at radius 1 is 1.10 bits per heavy atom. The average Bonchev–Trinajstić information content (AvgIpc) is 3.26. The molecule has 0 saturated heterocycles. The summed E-state index contributed by atoms with van der Waals surface area (Å²) >= 11 is 0. The summed E-state index contributed by atoms with van der Waals surface area (Å²) in [5.41, 5.74) is 2.50. The molecule has 4 rings (SSSR count). The first-order chi connectivity index (χ1) is 15.0. The van der Waals surface area contributed by atoms with E-state index in [1.807, 2.05) is 24.3 Å². The largest absolute Gasteiger partial charge is 0.462 e. The number of non-ortho nitro benzene ring substituents is 1. The van der Waals surface area contributed by atoms with E-state index < -0.39 is 10.9 Å². The maximum atomic E-state index is 12.4. The topological polar surface area (TPSA) is 95.5 Å². The van der Waals surface area contributed by atoms with Gasteiger partial charge >= 0.3 is 5.97 Å². The molecule has 154 valence electrons. The predicted octanol–water partition coefficient (Wildman–Crippen LogP) is 5.75. The van der Waals surface area contributed by atoms with Gasteiger partial charge in [-0.15, -0.1) is 0 Å². The van der Waals surface area contributed by atoms with Crippen LogP contribution in [0.15, 0.2) is 71.1 Å². The van der Waals surface area contributed by atoms with E-state index >= 15 is 0 Å². The number of benzene rings is 2. The normalized spacial score (nSPS) is 11.1. The number of carbonyl (C=O) groups is 1. The molecule has 0 saturated carbocycles. The number of furan rings is 1. The van der Waals surface area contributed by atoms with Crippen LogP contribution in [0, 0.1) is 10.1 Å². The molecular weight excluding hydrogens is 396 g/mol. The lowest BCUT2D eigenvalue weighted by molar-refractivity contribution is -0.384. The van der Waals surface area contributed by atoms with Gasteiger partial charge in [-0.05, 0) is 55.5 Å². The molecule has 0 amide bonds. The van der Waals surface area contributed by atoms with Crippen molar-refractivity contribution in [3.05, 3.63) is 93.9 Å². The van der Waals surface area contributed by atoms with Crippen molar-refractivity contribution in [3.63, 3.8) is 0 Å². The third-order valence-electron chi connectivity index (χ3n) is 4.64. The number of fused-ring (bicyclic) bond motifs is 1. The number of esters is 1. The molecule has 0 unspecified atom stereocenters. The Labute approximate surface area is 177 Å². The van der Waals surface area contributed by atoms with Crippen LogP contribution in [0.25, 0.3) is 34.4 Å². The number of hydrogen-bond donors (Lipinski definition) is 0. The fourth-order valence-corrected chi connectivity index (χ4v) is 3.17. The van der Waals surface area contributed by atoms with Crippen LogP contribution < -0.4 is 0 Å². The second-order valence-corrected chi connectivity index (χ2v) is 6.67. The molecule has 0 bridgehead atoms. The lowest BCUT2D eigenvalue weighted by atomic mass is 10.1. The molecule has 0 N–H and O–H groups in total. The van der Waals surface area contributed by atoms with Gasteiger partial charge in [-0.2, -0.15) is 0 Å². The minimum absolute atomic E-state index is 0.0233. The number of nitro groups is 1. The van der Waals surface area contributed by atoms with Gasteiger partial charge in [-0.25, -0.2) is 9.78 Å². The fraction of sp³-hybridized carbons (Fsp3) is 0.0833. The molecule has 0 radical (unpaired) electrons. The van der Waals surface area contributed by atoms with Gasteiger partial charge < -0.3 is 9.15 Å². The van der Waals surface area contributed by atoms with Gasteiger partial charge in [-0.1, -0.05) is 18.2 Å². The Hall–Kier alpha value is -4.26. The fourth-order valence-electron chi connectivity index (χ4n) is 3.17. The van der Waals surface area contributed by atoms with Crippen molar-refractivity contribution in [2.75, 3.05) is 6.61 Å². The van der Waals surface area contributed by atoms with Gasteiger partial charge in [0.25, 0.3) is 5.69 Å². The first-order valence-corrected chi connectivity index (χ1v) is 9.65. The number of nitrogens with zero attached hydrogens (tertiary/aromatic N) is 2. The van der Waals surface area contributed by atoms with Crippen molar-refractivity contribution in [3.8, 4) is 11.3 Å². The van der Waals surface area contributed by atoms with E-state index in [1.54, 1.807) is 49.4 Å². The summed E-state index contributed by atoms with van der Waals surface area (Å²) in [4.78, 5) is 27.3. The Morgan fingerprint density at radius 3 is 2.61 bits per heavy atom. The van der Waals surface area contributed by atoms with Crippen LogP contribution in [0.3, 0.4) is 0 Å². The highest BCUT2D eigenvalue weighted by molar-refractivity contribution is 6.04. The van der Waals surface area contributed by atoms with Crippen LogP contribution in [0.5, 0.6) is 0 Å². The molecule has 7 heteroatoms. The van der Waals surface area contributed by atoms with Crippen molar-refractivity contribution < 1.29 is 18.9 Å². The molecule has 0 aliphatic rings. The molecule has 31 heavy (non-hydrogen) atoms. The Kier molecular flexibility index (Phi) is 5.57. The van der Waals surface area contributed by atoms with Crippen LogP contribution in [0.1, 0.15) is 28.7 Å². The van der Waals surface area contributed by atoms with Gasteiger partial charge in [0.1, 0.15) is 11.5 Å². The number of nitro benzene ring substituents is 1. The van der Waals surface area contributed by atoms with Crippen LogP contribution in [0.2, 0.25) is 0 Å². The van der Waals surface area contributed by atoms with Gasteiger partial charge in [0.05, 0.1) is 28.3 Å². The van der Waals surface area contributed by atoms with Gasteiger partial charge in [0, 0.05) is 23.1 Å². The molecule has 2 heterocycles. The van der Waals surface area contributed by atoms with Crippen LogP contribution in [0.4, 0.5) is 5.69 Å². The van der Waals surface area contributed by atoms with E-state index in [-0.39, 0.29) is 5.69 Å². The van der Waals surface area contributed by atoms with Gasteiger partial charge in [0.15, 0.2) is 0 Å². The number of hydrogen-bond acceptors (Lipinski definition) is 6. The quantitative estimate of drug-likeness (QED) is 0.226. The smallest absolute Gasteiger partial charge is 0.338 e. The Morgan fingerprint density at radius 2 is 1.87 bits per heavy atom. The molecule has 0 aliphatic heterocycles. The lowest BCUT2D eigenvalue weighted by Crippen LogP contribution is -2.06. The van der Waals surface area contributed by atoms with E-state index in [1.165, 1.54) is 12.1 Å². The standard InChI is InChI=1S/C24H18N2O5/c1-2-30-24(27)21-15-17(25-22-6-4-3-5-20(21)22)9-12-19-13-14-23(31-19)16-7-10-18(11-8-16)26(28)29/h3-15H,2H2,1H3/b12-9+. The summed E-state index contributed by atoms with van der Waals surface area (Å²) in [6.45, 7) is 2.06. The second kappa shape index (κ2) is 8.62. The van der Waals surface area contributed by atoms with E-state index in [0.29, 0.717) is 34.9 Å². The maximum Gasteiger partial charge on any atom is 0.338 e. The van der Waals surface area contributed by atoms with E-state index in [0.717, 1.165) is 10.9 Å². The predicted molar refractivity (Wildman–Crippen MR) is 117 cm³/mol. The van der Waals surface area contributed by atoms with Gasteiger partial charge in [-0.3, -0.25) is 10.1 Å². The minimum atomic E-state index is -0.443. The number of ether oxygens (including phenoxy) is 1. The van der Waals surface area contributed by atoms with Crippen LogP contribution >= 0.6 is 0 Å². The molecule has 7 nitrogen and oxygen atoms in total. The number of rotatable bonds is 6. The molecule has 4 aromatic rings. The Bertz CT molecular complexity index is 1290. The zero-order valence-electron chi connectivity index (χ0n) is 16.6. The van der Waals surface area contributed by atoms with Crippen molar-refractivity contribution in [2.24, 2.45) is 0 Å². The van der Waals surface area contributed by atoms with Crippen molar-refractivity contribution in [1.29, 1.82) is 0 Å². The average molecular weight is 414 g/mol. The summed E-state index contributed by atoms with van der Waals surface area (Å²) in [6.07, 6.45) is 3.51. The highest BCUT2D eigenvalue weighted by Crippen LogP contribution is 2.26. The first-order valence-electron chi connectivity index (χ1n) is 9.65. The monoisotopic (exact) mass is 414 g/mol. The van der Waals surface area contributed by atoms with Crippen molar-refractivity contribution >= 4 is 34.7 Å². The minimum Gasteiger partial charge on any atom is -0.462 e. The highest BCUT2D eigenvalue weighted by atomic mass is 16.6. The Balaban J connectivity index is 1.61. The molecule has 0 aliphatic carbocycles. The molecule has 2 aromatic heterocycles. The maximum absolute atomic E-state index is 12.4. The lowest BCUT2D eigenvalue weighted by Gasteiger charge is -2.07. The van der Waals surface area contributed by atoms with Gasteiger partial charge in [0.2, 0.25) is 0 Å². The highest BCUT2D eigenvalue weighted by Gasteiger charge is 2.13. The zero-order valence-corrected chi connectivity index (χ0v) is 16.6. The summed E-state index contributed by atoms with van der Waals surface area (Å²) in [7, 11) is 0. The first kappa shape index (κ1) is 20.0. The number of carbonyl (C=O) groups excluding carboxylic acids is 1. The zero-order chi connectivity index (χ0) is 21.8. The van der Waals surface area contributed by atoms with E-state index in [2.05, 4.69) is 4.98 Å². The summed E-state index contributed by atoms with van der Waals surface area (Å²) < 4.78 is 11.0. The van der Waals surface area contributed by atoms with E-state index in [4.69, 9.17) is 9.15 Å².